The van der Waals surface area contributed by atoms with Gasteiger partial charge in [-0.15, -0.1) is 0 Å². The van der Waals surface area contributed by atoms with Crippen LogP contribution in [0.15, 0.2) is 84.6 Å². The maximum Gasteiger partial charge on any atom is 0.146 e. The Morgan fingerprint density at radius 3 is 1.88 bits per heavy atom. The highest BCUT2D eigenvalue weighted by Crippen LogP contribution is 2.21. The number of rotatable bonds is 6. The second kappa shape index (κ2) is 8.61. The molecule has 4 heteroatoms. The van der Waals surface area contributed by atoms with E-state index in [1.807, 2.05) is 60.7 Å². The van der Waals surface area contributed by atoms with Gasteiger partial charge in [0, 0.05) is 10.0 Å². The van der Waals surface area contributed by atoms with Gasteiger partial charge >= 0.3 is 0 Å². The second-order valence-corrected chi connectivity index (χ2v) is 6.19. The predicted octanol–water partition coefficient (Wildman–Crippen LogP) is 6.49. The molecule has 0 atom stereocenters. The zero-order chi connectivity index (χ0) is 17.5. The molecule has 0 N–H and O–H groups in total. The van der Waals surface area contributed by atoms with Gasteiger partial charge in [-0.1, -0.05) is 53.5 Å². The Hall–Kier alpha value is -2.42. The molecule has 0 bridgehead atoms. The van der Waals surface area contributed by atoms with Crippen molar-refractivity contribution in [3.8, 4) is 11.5 Å². The first-order valence-corrected chi connectivity index (χ1v) is 8.52. The monoisotopic (exact) mass is 370 g/mol. The van der Waals surface area contributed by atoms with E-state index in [9.17, 15) is 0 Å². The van der Waals surface area contributed by atoms with Crippen LogP contribution >= 0.6 is 23.2 Å². The minimum atomic E-state index is 0.291. The van der Waals surface area contributed by atoms with Crippen molar-refractivity contribution < 1.29 is 9.47 Å². The highest BCUT2D eigenvalue weighted by molar-refractivity contribution is 6.30. The van der Waals surface area contributed by atoms with Crippen molar-refractivity contribution in [1.82, 2.24) is 0 Å². The van der Waals surface area contributed by atoms with Crippen LogP contribution in [-0.2, 0) is 0 Å². The van der Waals surface area contributed by atoms with E-state index in [4.69, 9.17) is 32.7 Å². The largest absolute Gasteiger partial charge is 0.486 e. The van der Waals surface area contributed by atoms with Crippen LogP contribution in [0.1, 0.15) is 5.56 Å². The zero-order valence-corrected chi connectivity index (χ0v) is 14.9. The maximum atomic E-state index is 5.97. The molecular weight excluding hydrogens is 355 g/mol. The van der Waals surface area contributed by atoms with Crippen LogP contribution < -0.4 is 9.47 Å². The quantitative estimate of drug-likeness (QED) is 0.461. The number of hydrogen-bond donors (Lipinski definition) is 0. The first-order valence-electron chi connectivity index (χ1n) is 7.76. The van der Waals surface area contributed by atoms with Crippen molar-refractivity contribution in [3.63, 3.8) is 0 Å². The fourth-order valence-corrected chi connectivity index (χ4v) is 2.43. The molecule has 0 saturated heterocycles. The molecule has 0 heterocycles. The molecule has 2 nitrogen and oxygen atoms in total. The third kappa shape index (κ3) is 5.56. The minimum absolute atomic E-state index is 0.291. The molecule has 0 radical (unpaired) electrons. The van der Waals surface area contributed by atoms with Gasteiger partial charge in [0.2, 0.25) is 0 Å². The molecule has 3 aromatic rings. The van der Waals surface area contributed by atoms with E-state index in [1.54, 1.807) is 24.3 Å². The molecular formula is C21H16Cl2O2. The molecule has 0 spiro atoms. The molecule has 0 aliphatic heterocycles. The summed E-state index contributed by atoms with van der Waals surface area (Å²) >= 11 is 11.8. The maximum absolute atomic E-state index is 5.97. The molecule has 25 heavy (non-hydrogen) atoms. The van der Waals surface area contributed by atoms with Crippen molar-refractivity contribution in [3.05, 3.63) is 100 Å². The van der Waals surface area contributed by atoms with Gasteiger partial charge in [-0.3, -0.25) is 0 Å². The number of benzene rings is 3. The molecule has 0 unspecified atom stereocenters. The van der Waals surface area contributed by atoms with Gasteiger partial charge < -0.3 is 9.47 Å². The Balaban J connectivity index is 1.77. The van der Waals surface area contributed by atoms with E-state index < -0.39 is 0 Å². The van der Waals surface area contributed by atoms with E-state index >= 15 is 0 Å². The van der Waals surface area contributed by atoms with E-state index in [-0.39, 0.29) is 0 Å². The minimum Gasteiger partial charge on any atom is -0.486 e. The molecule has 0 amide bonds. The number of halogens is 2. The summed E-state index contributed by atoms with van der Waals surface area (Å²) in [7, 11) is 0. The van der Waals surface area contributed by atoms with E-state index in [0.29, 0.717) is 28.2 Å². The van der Waals surface area contributed by atoms with Gasteiger partial charge in [-0.25, -0.2) is 0 Å². The van der Waals surface area contributed by atoms with Crippen LogP contribution in [0.2, 0.25) is 10.0 Å². The highest BCUT2D eigenvalue weighted by atomic mass is 35.5. The first kappa shape index (κ1) is 17.4. The fourth-order valence-electron chi connectivity index (χ4n) is 2.18. The summed E-state index contributed by atoms with van der Waals surface area (Å²) in [6, 6.07) is 24.4. The Labute approximate surface area is 157 Å². The number of hydrogen-bond acceptors (Lipinski definition) is 2. The van der Waals surface area contributed by atoms with Crippen LogP contribution in [-0.4, -0.2) is 6.61 Å². The molecule has 0 aliphatic carbocycles. The van der Waals surface area contributed by atoms with Gasteiger partial charge in [-0.2, -0.15) is 0 Å². The van der Waals surface area contributed by atoms with Crippen molar-refractivity contribution in [2.45, 2.75) is 0 Å². The lowest BCUT2D eigenvalue weighted by atomic mass is 10.2. The molecule has 3 rings (SSSR count). The lowest BCUT2D eigenvalue weighted by Gasteiger charge is -2.12. The van der Waals surface area contributed by atoms with Gasteiger partial charge in [0.15, 0.2) is 0 Å². The smallest absolute Gasteiger partial charge is 0.146 e. The van der Waals surface area contributed by atoms with Gasteiger partial charge in [0.05, 0.1) is 0 Å². The van der Waals surface area contributed by atoms with Crippen molar-refractivity contribution >= 4 is 29.3 Å². The topological polar surface area (TPSA) is 18.5 Å². The lowest BCUT2D eigenvalue weighted by Crippen LogP contribution is -2.07. The van der Waals surface area contributed by atoms with Crippen LogP contribution in [0.25, 0.3) is 6.08 Å². The standard InChI is InChI=1S/C21H16Cl2O2/c22-17-6-10-19(11-7-17)24-15-21(14-16-4-2-1-3-5-16)25-20-12-8-18(23)9-13-20/h1-14H,15H2/b21-14+. The Morgan fingerprint density at radius 1 is 0.720 bits per heavy atom. The summed E-state index contributed by atoms with van der Waals surface area (Å²) in [6.07, 6.45) is 1.95. The average molecular weight is 371 g/mol. The normalized spacial score (nSPS) is 11.2. The lowest BCUT2D eigenvalue weighted by molar-refractivity contribution is 0.283. The second-order valence-electron chi connectivity index (χ2n) is 5.32. The van der Waals surface area contributed by atoms with Crippen LogP contribution in [0.5, 0.6) is 11.5 Å². The van der Waals surface area contributed by atoms with Gasteiger partial charge in [0.25, 0.3) is 0 Å². The summed E-state index contributed by atoms with van der Waals surface area (Å²) in [4.78, 5) is 0. The zero-order valence-electron chi connectivity index (χ0n) is 13.4. The molecule has 0 aliphatic rings. The molecule has 0 aromatic heterocycles. The van der Waals surface area contributed by atoms with Crippen molar-refractivity contribution in [2.75, 3.05) is 6.61 Å². The summed E-state index contributed by atoms with van der Waals surface area (Å²) < 4.78 is 11.8. The summed E-state index contributed by atoms with van der Waals surface area (Å²) in [6.45, 7) is 0.291. The first-order chi connectivity index (χ1) is 12.2. The van der Waals surface area contributed by atoms with Crippen LogP contribution in [0.4, 0.5) is 0 Å². The summed E-state index contributed by atoms with van der Waals surface area (Å²) in [5, 5.41) is 1.34. The Kier molecular flexibility index (Phi) is 5.99. The van der Waals surface area contributed by atoms with Gasteiger partial charge in [0.1, 0.15) is 23.9 Å². The Bertz CT molecular complexity index is 826. The van der Waals surface area contributed by atoms with Gasteiger partial charge in [-0.05, 0) is 60.2 Å². The molecule has 3 aromatic carbocycles. The summed E-state index contributed by atoms with van der Waals surface area (Å²) in [5.41, 5.74) is 1.03. The summed E-state index contributed by atoms with van der Waals surface area (Å²) in [5.74, 6) is 2.11. The van der Waals surface area contributed by atoms with E-state index in [2.05, 4.69) is 0 Å². The molecule has 0 fully saturated rings. The molecule has 126 valence electrons. The fraction of sp³-hybridized carbons (Fsp3) is 0.0476. The predicted molar refractivity (Wildman–Crippen MR) is 103 cm³/mol. The Morgan fingerprint density at radius 2 is 1.28 bits per heavy atom. The SMILES string of the molecule is Clc1ccc(OC/C(=C\c2ccccc2)Oc2ccc(Cl)cc2)cc1. The average Bonchev–Trinajstić information content (AvgIpc) is 2.64. The highest BCUT2D eigenvalue weighted by Gasteiger charge is 2.04. The van der Waals surface area contributed by atoms with E-state index in [0.717, 1.165) is 11.3 Å². The van der Waals surface area contributed by atoms with E-state index in [1.165, 1.54) is 0 Å². The van der Waals surface area contributed by atoms with Crippen LogP contribution in [0.3, 0.4) is 0 Å². The molecule has 0 saturated carbocycles. The van der Waals surface area contributed by atoms with Crippen LogP contribution in [0, 0.1) is 0 Å². The van der Waals surface area contributed by atoms with Crippen molar-refractivity contribution in [2.24, 2.45) is 0 Å². The third-order valence-corrected chi connectivity index (χ3v) is 3.89. The third-order valence-electron chi connectivity index (χ3n) is 3.38. The number of ether oxygens (including phenoxy) is 2. The van der Waals surface area contributed by atoms with Crippen molar-refractivity contribution in [1.29, 1.82) is 0 Å².